The van der Waals surface area contributed by atoms with Crippen molar-refractivity contribution in [1.82, 2.24) is 10.2 Å². The molecule has 0 aliphatic carbocycles. The van der Waals surface area contributed by atoms with Gasteiger partial charge in [0.25, 0.3) is 0 Å². The molecule has 2 rings (SSSR count). The van der Waals surface area contributed by atoms with Crippen molar-refractivity contribution in [2.45, 2.75) is 39.8 Å². The quantitative estimate of drug-likeness (QED) is 0.671. The molecule has 3 heteroatoms. The molecule has 2 bridgehead atoms. The van der Waals surface area contributed by atoms with E-state index in [1.165, 1.54) is 0 Å². The van der Waals surface area contributed by atoms with Crippen molar-refractivity contribution < 1.29 is 5.11 Å². The molecule has 0 radical (unpaired) electrons. The highest BCUT2D eigenvalue weighted by Gasteiger charge is 2.53. The number of hydrogen-bond donors (Lipinski definition) is 2. The van der Waals surface area contributed by atoms with Crippen molar-refractivity contribution in [3.05, 3.63) is 0 Å². The summed E-state index contributed by atoms with van der Waals surface area (Å²) in [7, 11) is 0. The van der Waals surface area contributed by atoms with Gasteiger partial charge in [0, 0.05) is 43.1 Å². The average Bonchev–Trinajstić information content (AvgIpc) is 2.10. The third kappa shape index (κ3) is 1.71. The second-order valence-electron chi connectivity index (χ2n) is 6.31. The molecule has 0 saturated carbocycles. The zero-order valence-corrected chi connectivity index (χ0v) is 10.4. The van der Waals surface area contributed by atoms with E-state index in [-0.39, 0.29) is 16.9 Å². The Balaban J connectivity index is 2.25. The van der Waals surface area contributed by atoms with Crippen LogP contribution in [0.25, 0.3) is 0 Å². The van der Waals surface area contributed by atoms with Crippen LogP contribution in [0.3, 0.4) is 0 Å². The largest absolute Gasteiger partial charge is 0.392 e. The van der Waals surface area contributed by atoms with Gasteiger partial charge in [0.2, 0.25) is 0 Å². The Bertz CT molecular complexity index is 236. The third-order valence-corrected chi connectivity index (χ3v) is 4.24. The van der Waals surface area contributed by atoms with Crippen LogP contribution >= 0.6 is 0 Å². The summed E-state index contributed by atoms with van der Waals surface area (Å²) in [5.41, 5.74) is 0.0467. The number of aliphatic hydroxyl groups excluding tert-OH is 1. The first kappa shape index (κ1) is 11.4. The Hall–Kier alpha value is -0.120. The van der Waals surface area contributed by atoms with Crippen molar-refractivity contribution >= 4 is 0 Å². The summed E-state index contributed by atoms with van der Waals surface area (Å²) < 4.78 is 0. The molecule has 2 heterocycles. The number of nitrogens with zero attached hydrogens (tertiary/aromatic N) is 1. The number of likely N-dealkylation sites (tertiary alicyclic amines) is 1. The number of piperidine rings is 2. The first-order chi connectivity index (χ1) is 6.87. The topological polar surface area (TPSA) is 35.5 Å². The predicted octanol–water partition coefficient (Wildman–Crippen LogP) is 0.687. The summed E-state index contributed by atoms with van der Waals surface area (Å²) in [6.07, 6.45) is -0.166. The molecule has 2 N–H and O–H groups in total. The fourth-order valence-electron chi connectivity index (χ4n) is 3.30. The molecule has 3 nitrogen and oxygen atoms in total. The fraction of sp³-hybridized carbons (Fsp3) is 1.00. The predicted molar refractivity (Wildman–Crippen MR) is 61.8 cm³/mol. The number of hydrogen-bond acceptors (Lipinski definition) is 3. The molecule has 2 atom stereocenters. The van der Waals surface area contributed by atoms with E-state index < -0.39 is 0 Å². The Kier molecular flexibility index (Phi) is 2.61. The van der Waals surface area contributed by atoms with E-state index in [0.29, 0.717) is 6.04 Å². The van der Waals surface area contributed by atoms with Gasteiger partial charge in [-0.3, -0.25) is 4.90 Å². The summed E-state index contributed by atoms with van der Waals surface area (Å²) in [6.45, 7) is 12.8. The number of fused-ring (bicyclic) bond motifs is 2. The van der Waals surface area contributed by atoms with Crippen molar-refractivity contribution in [3.8, 4) is 0 Å². The third-order valence-electron chi connectivity index (χ3n) is 4.24. The van der Waals surface area contributed by atoms with Gasteiger partial charge in [0.15, 0.2) is 0 Å². The summed E-state index contributed by atoms with van der Waals surface area (Å²) in [4.78, 5) is 2.51. The van der Waals surface area contributed by atoms with Gasteiger partial charge < -0.3 is 10.4 Å². The first-order valence-corrected chi connectivity index (χ1v) is 6.00. The molecule has 2 aliphatic rings. The van der Waals surface area contributed by atoms with Crippen LogP contribution in [0, 0.1) is 10.8 Å². The van der Waals surface area contributed by atoms with E-state index in [9.17, 15) is 5.11 Å². The molecule has 2 fully saturated rings. The van der Waals surface area contributed by atoms with Crippen LogP contribution in [0.2, 0.25) is 0 Å². The monoisotopic (exact) mass is 212 g/mol. The van der Waals surface area contributed by atoms with Crippen molar-refractivity contribution in [3.63, 3.8) is 0 Å². The minimum absolute atomic E-state index is 0.0233. The van der Waals surface area contributed by atoms with Crippen molar-refractivity contribution in [1.29, 1.82) is 0 Å². The lowest BCUT2D eigenvalue weighted by Gasteiger charge is -2.58. The average molecular weight is 212 g/mol. The minimum atomic E-state index is -0.166. The van der Waals surface area contributed by atoms with Gasteiger partial charge in [0.1, 0.15) is 0 Å². The summed E-state index contributed by atoms with van der Waals surface area (Å²) >= 11 is 0. The van der Waals surface area contributed by atoms with Crippen LogP contribution in [0.15, 0.2) is 0 Å². The molecule has 0 aromatic carbocycles. The van der Waals surface area contributed by atoms with Gasteiger partial charge >= 0.3 is 0 Å². The summed E-state index contributed by atoms with van der Waals surface area (Å²) in [5.74, 6) is 0. The van der Waals surface area contributed by atoms with Crippen LogP contribution < -0.4 is 5.32 Å². The SMILES string of the molecule is CC(C)N1CC2(C)CNCC(C)(C1)C2O. The molecule has 0 amide bonds. The molecule has 2 unspecified atom stereocenters. The lowest BCUT2D eigenvalue weighted by atomic mass is 9.63. The Labute approximate surface area is 92.8 Å². The smallest absolute Gasteiger partial charge is 0.0696 e. The van der Waals surface area contributed by atoms with Crippen LogP contribution in [0.5, 0.6) is 0 Å². The van der Waals surface area contributed by atoms with E-state index in [2.05, 4.69) is 37.9 Å². The normalized spacial score (nSPS) is 47.2. The molecule has 88 valence electrons. The maximum Gasteiger partial charge on any atom is 0.0696 e. The zero-order chi connectivity index (χ0) is 11.3. The second kappa shape index (κ2) is 3.44. The highest BCUT2D eigenvalue weighted by atomic mass is 16.3. The van der Waals surface area contributed by atoms with Crippen LogP contribution in [0.1, 0.15) is 27.7 Å². The first-order valence-electron chi connectivity index (χ1n) is 6.00. The second-order valence-corrected chi connectivity index (χ2v) is 6.31. The molecule has 2 saturated heterocycles. The van der Waals surface area contributed by atoms with Crippen LogP contribution in [-0.4, -0.2) is 48.3 Å². The number of nitrogens with one attached hydrogen (secondary N) is 1. The zero-order valence-electron chi connectivity index (χ0n) is 10.4. The summed E-state index contributed by atoms with van der Waals surface area (Å²) in [6, 6.07) is 0.578. The Morgan fingerprint density at radius 2 is 1.67 bits per heavy atom. The number of rotatable bonds is 1. The maximum atomic E-state index is 10.4. The lowest BCUT2D eigenvalue weighted by Crippen LogP contribution is -2.70. The van der Waals surface area contributed by atoms with Crippen LogP contribution in [-0.2, 0) is 0 Å². The van der Waals surface area contributed by atoms with E-state index in [0.717, 1.165) is 26.2 Å². The van der Waals surface area contributed by atoms with E-state index >= 15 is 0 Å². The lowest BCUT2D eigenvalue weighted by molar-refractivity contribution is -0.147. The van der Waals surface area contributed by atoms with Gasteiger partial charge in [-0.1, -0.05) is 13.8 Å². The molecular weight excluding hydrogens is 188 g/mol. The van der Waals surface area contributed by atoms with Gasteiger partial charge in [-0.25, -0.2) is 0 Å². The number of aliphatic hydroxyl groups is 1. The molecule has 0 aromatic rings. The molecule has 15 heavy (non-hydrogen) atoms. The van der Waals surface area contributed by atoms with Crippen molar-refractivity contribution in [2.75, 3.05) is 26.2 Å². The summed E-state index contributed by atoms with van der Waals surface area (Å²) in [5, 5.41) is 13.9. The van der Waals surface area contributed by atoms with Gasteiger partial charge in [-0.05, 0) is 13.8 Å². The van der Waals surface area contributed by atoms with Gasteiger partial charge in [-0.15, -0.1) is 0 Å². The standard InChI is InChI=1S/C12H24N2O/c1-9(2)14-7-11(3)5-13-6-12(4,8-14)10(11)15/h9-10,13,15H,5-8H2,1-4H3. The van der Waals surface area contributed by atoms with E-state index in [1.54, 1.807) is 0 Å². The Morgan fingerprint density at radius 3 is 2.07 bits per heavy atom. The Morgan fingerprint density at radius 1 is 1.20 bits per heavy atom. The van der Waals surface area contributed by atoms with Crippen LogP contribution in [0.4, 0.5) is 0 Å². The molecule has 0 aromatic heterocycles. The van der Waals surface area contributed by atoms with Gasteiger partial charge in [0.05, 0.1) is 6.10 Å². The van der Waals surface area contributed by atoms with E-state index in [4.69, 9.17) is 0 Å². The molecular formula is C12H24N2O. The molecule has 2 aliphatic heterocycles. The molecule has 0 spiro atoms. The van der Waals surface area contributed by atoms with Crippen molar-refractivity contribution in [2.24, 2.45) is 10.8 Å². The highest BCUT2D eigenvalue weighted by molar-refractivity contribution is 5.07. The maximum absolute atomic E-state index is 10.4. The highest BCUT2D eigenvalue weighted by Crippen LogP contribution is 2.43. The fourth-order valence-corrected chi connectivity index (χ4v) is 3.30. The van der Waals surface area contributed by atoms with Gasteiger partial charge in [-0.2, -0.15) is 0 Å². The minimum Gasteiger partial charge on any atom is -0.392 e. The van der Waals surface area contributed by atoms with E-state index in [1.807, 2.05) is 0 Å².